The molecule has 7 aliphatic rings. The fraction of sp³-hybridized carbons (Fsp3) is 0.950. The highest BCUT2D eigenvalue weighted by Crippen LogP contribution is 2.67. The number of fused-ring (bicyclic) bond motifs is 5. The van der Waals surface area contributed by atoms with Gasteiger partial charge in [0.05, 0.1) is 24.9 Å². The summed E-state index contributed by atoms with van der Waals surface area (Å²) < 4.78 is 24.1. The lowest BCUT2D eigenvalue weighted by molar-refractivity contribution is -0.369. The molecule has 3 saturated carbocycles. The van der Waals surface area contributed by atoms with E-state index < -0.39 is 68.0 Å². The minimum Gasteiger partial charge on any atom is -0.394 e. The van der Waals surface area contributed by atoms with Crippen LogP contribution in [0.15, 0.2) is 11.6 Å². The van der Waals surface area contributed by atoms with Crippen molar-refractivity contribution in [1.29, 1.82) is 0 Å². The third-order valence-electron chi connectivity index (χ3n) is 15.7. The molecule has 12 nitrogen and oxygen atoms in total. The average molecular weight is 738 g/mol. The van der Waals surface area contributed by atoms with Crippen LogP contribution in [-0.2, 0) is 18.9 Å². The fourth-order valence-corrected chi connectivity index (χ4v) is 12.8. The van der Waals surface area contributed by atoms with Crippen LogP contribution in [0, 0.1) is 46.3 Å². The molecule has 0 aromatic carbocycles. The van der Waals surface area contributed by atoms with E-state index in [-0.39, 0.29) is 23.0 Å². The molecule has 4 aliphatic carbocycles. The molecule has 3 heterocycles. The molecule has 52 heavy (non-hydrogen) atoms. The third kappa shape index (κ3) is 6.66. The summed E-state index contributed by atoms with van der Waals surface area (Å²) in [4.78, 5) is 2.56. The Labute approximate surface area is 309 Å². The average Bonchev–Trinajstić information content (AvgIpc) is 3.38. The number of aliphatic hydroxyl groups is 7. The molecule has 0 spiro atoms. The first-order valence-electron chi connectivity index (χ1n) is 20.3. The van der Waals surface area contributed by atoms with E-state index in [0.717, 1.165) is 51.0 Å². The predicted octanol–water partition coefficient (Wildman–Crippen LogP) is 1.94. The van der Waals surface area contributed by atoms with Crippen LogP contribution >= 0.6 is 0 Å². The van der Waals surface area contributed by atoms with E-state index in [4.69, 9.17) is 18.9 Å². The van der Waals surface area contributed by atoms with E-state index in [1.807, 2.05) is 0 Å². The van der Waals surface area contributed by atoms with Crippen LogP contribution in [0.3, 0.4) is 0 Å². The van der Waals surface area contributed by atoms with Gasteiger partial charge in [-0.05, 0) is 118 Å². The normalized spacial score (nSPS) is 54.8. The summed E-state index contributed by atoms with van der Waals surface area (Å²) in [6.07, 6.45) is -2.53. The lowest BCUT2D eigenvalue weighted by atomic mass is 9.46. The van der Waals surface area contributed by atoms with E-state index in [0.29, 0.717) is 42.1 Å². The second kappa shape index (κ2) is 15.0. The Balaban J connectivity index is 1.05. The first kappa shape index (κ1) is 39.5. The lowest BCUT2D eigenvalue weighted by Crippen LogP contribution is -2.64. The van der Waals surface area contributed by atoms with Crippen molar-refractivity contribution in [3.8, 4) is 0 Å². The Hall–Kier alpha value is -0.740. The van der Waals surface area contributed by atoms with Gasteiger partial charge >= 0.3 is 0 Å². The maximum absolute atomic E-state index is 11.8. The van der Waals surface area contributed by atoms with Crippen LogP contribution in [0.1, 0.15) is 92.4 Å². The van der Waals surface area contributed by atoms with Crippen LogP contribution in [0.5, 0.6) is 0 Å². The zero-order chi connectivity index (χ0) is 37.4. The van der Waals surface area contributed by atoms with Crippen molar-refractivity contribution in [2.75, 3.05) is 20.2 Å². The summed E-state index contributed by atoms with van der Waals surface area (Å²) in [5.41, 5.74) is 1.51. The van der Waals surface area contributed by atoms with E-state index in [9.17, 15) is 35.7 Å². The number of hydrogen-bond donors (Lipinski definition) is 7. The van der Waals surface area contributed by atoms with Gasteiger partial charge in [-0.3, -0.25) is 0 Å². The van der Waals surface area contributed by atoms with Crippen molar-refractivity contribution in [1.82, 2.24) is 4.90 Å². The number of rotatable bonds is 7. The van der Waals surface area contributed by atoms with Crippen LogP contribution in [-0.4, -0.2) is 141 Å². The van der Waals surface area contributed by atoms with Gasteiger partial charge in [-0.25, -0.2) is 0 Å². The number of allylic oxidation sites excluding steroid dienone is 1. The quantitative estimate of drug-likeness (QED) is 0.189. The smallest absolute Gasteiger partial charge is 0.187 e. The third-order valence-corrected chi connectivity index (χ3v) is 15.7. The second-order valence-corrected chi connectivity index (χ2v) is 18.7. The molecule has 0 bridgehead atoms. The first-order chi connectivity index (χ1) is 24.6. The molecule has 0 aromatic rings. The standard InChI is InChI=1S/C40H67NO11/c1-19-7-10-27(41(6)17-19)20(2)30-28(43)16-26-24-9-8-22-15-23(11-13-39(22,4)25(24)12-14-40(26,30)5)50-38-36(34(47)32(45)29(18-42)51-38)52-37-35(48)33(46)31(44)21(3)49-37/h8,19-21,23-38,42-48H,7,9-18H2,1-6H3/t19-,20+,21-,23+,24-,25-,26+,27+,28-,29-,30+,31-,32-,33+,34+,35-,36-,37+,38-,39-,40+/m0/s1. The first-order valence-corrected chi connectivity index (χ1v) is 20.3. The Bertz CT molecular complexity index is 1290. The highest BCUT2D eigenvalue weighted by molar-refractivity contribution is 5.26. The predicted molar refractivity (Wildman–Crippen MR) is 190 cm³/mol. The summed E-state index contributed by atoms with van der Waals surface area (Å²) in [6.45, 7) is 11.8. The SMILES string of the molecule is C[C@H]1CC[C@H]([C@@H](C)[C@@H]2[C@@H](O)C[C@@H]3[C@H]4CC=C5C[C@H](O[C@H]6O[C@@H](CO)[C@H](O)[C@@H](O)[C@@H]6O[C@H]6O[C@@H](C)[C@H](O)[C@@H](O)[C@@H]6O)CC[C@]5(C)[C@H]4CC[C@@]23C)N(C)C1. The van der Waals surface area contributed by atoms with Gasteiger partial charge in [0.1, 0.15) is 42.7 Å². The number of aliphatic hydroxyl groups excluding tert-OH is 7. The van der Waals surface area contributed by atoms with Crippen molar-refractivity contribution in [3.05, 3.63) is 11.6 Å². The zero-order valence-corrected chi connectivity index (χ0v) is 32.0. The summed E-state index contributed by atoms with van der Waals surface area (Å²) in [6, 6.07) is 0.522. The Kier molecular flexibility index (Phi) is 11.4. The van der Waals surface area contributed by atoms with Gasteiger partial charge in [-0.1, -0.05) is 39.3 Å². The Morgan fingerprint density at radius 2 is 1.62 bits per heavy atom. The van der Waals surface area contributed by atoms with Gasteiger partial charge in [0, 0.05) is 12.6 Å². The van der Waals surface area contributed by atoms with Crippen LogP contribution in [0.2, 0.25) is 0 Å². The largest absolute Gasteiger partial charge is 0.394 e. The molecule has 0 amide bonds. The highest BCUT2D eigenvalue weighted by atomic mass is 16.8. The lowest BCUT2D eigenvalue weighted by Gasteiger charge is -2.59. The zero-order valence-electron chi connectivity index (χ0n) is 32.0. The highest BCUT2D eigenvalue weighted by Gasteiger charge is 2.63. The van der Waals surface area contributed by atoms with Crippen LogP contribution in [0.4, 0.5) is 0 Å². The number of ether oxygens (including phenoxy) is 4. The molecular weight excluding hydrogens is 670 g/mol. The fourth-order valence-electron chi connectivity index (χ4n) is 12.8. The summed E-state index contributed by atoms with van der Waals surface area (Å²) in [5, 5.41) is 74.7. The summed E-state index contributed by atoms with van der Waals surface area (Å²) >= 11 is 0. The molecule has 0 aromatic heterocycles. The molecule has 21 atom stereocenters. The molecule has 6 fully saturated rings. The molecule has 0 radical (unpaired) electrons. The van der Waals surface area contributed by atoms with E-state index in [1.165, 1.54) is 25.3 Å². The second-order valence-electron chi connectivity index (χ2n) is 18.7. The maximum Gasteiger partial charge on any atom is 0.187 e. The van der Waals surface area contributed by atoms with E-state index >= 15 is 0 Å². The van der Waals surface area contributed by atoms with Gasteiger partial charge < -0.3 is 59.6 Å². The Morgan fingerprint density at radius 3 is 2.33 bits per heavy atom. The van der Waals surface area contributed by atoms with Crippen molar-refractivity contribution in [2.24, 2.45) is 46.3 Å². The van der Waals surface area contributed by atoms with Crippen molar-refractivity contribution >= 4 is 0 Å². The van der Waals surface area contributed by atoms with Crippen molar-refractivity contribution in [2.45, 2.75) is 172 Å². The van der Waals surface area contributed by atoms with Crippen molar-refractivity contribution in [3.63, 3.8) is 0 Å². The molecular formula is C40H67NO11. The molecule has 7 rings (SSSR count). The topological polar surface area (TPSA) is 182 Å². The number of piperidine rings is 1. The summed E-state index contributed by atoms with van der Waals surface area (Å²) in [5.74, 6) is 3.03. The maximum atomic E-state index is 11.8. The van der Waals surface area contributed by atoms with Gasteiger partial charge in [-0.2, -0.15) is 0 Å². The van der Waals surface area contributed by atoms with Crippen molar-refractivity contribution < 1.29 is 54.7 Å². The minimum atomic E-state index is -1.61. The minimum absolute atomic E-state index is 0.0122. The molecule has 0 unspecified atom stereocenters. The number of hydrogen-bond acceptors (Lipinski definition) is 12. The number of nitrogens with zero attached hydrogens (tertiary/aromatic N) is 1. The molecule has 7 N–H and O–H groups in total. The van der Waals surface area contributed by atoms with E-state index in [1.54, 1.807) is 0 Å². The van der Waals surface area contributed by atoms with Crippen LogP contribution < -0.4 is 0 Å². The van der Waals surface area contributed by atoms with E-state index in [2.05, 4.69) is 45.7 Å². The van der Waals surface area contributed by atoms with Gasteiger partial charge in [-0.15, -0.1) is 0 Å². The van der Waals surface area contributed by atoms with Crippen LogP contribution in [0.25, 0.3) is 0 Å². The Morgan fingerprint density at radius 1 is 0.865 bits per heavy atom. The van der Waals surface area contributed by atoms with Gasteiger partial charge in [0.25, 0.3) is 0 Å². The molecule has 12 heteroatoms. The van der Waals surface area contributed by atoms with Gasteiger partial charge in [0.2, 0.25) is 0 Å². The molecule has 298 valence electrons. The summed E-state index contributed by atoms with van der Waals surface area (Å²) in [7, 11) is 2.28. The number of likely N-dealkylation sites (tertiary alicyclic amines) is 1. The monoisotopic (exact) mass is 737 g/mol. The molecule has 3 aliphatic heterocycles. The molecule has 3 saturated heterocycles. The van der Waals surface area contributed by atoms with Gasteiger partial charge in [0.15, 0.2) is 12.6 Å².